The van der Waals surface area contributed by atoms with Crippen LogP contribution in [0.3, 0.4) is 0 Å². The van der Waals surface area contributed by atoms with Crippen LogP contribution in [0.1, 0.15) is 25.1 Å². The Balaban J connectivity index is 2.38. The molecule has 90 valence electrons. The quantitative estimate of drug-likeness (QED) is 0.852. The van der Waals surface area contributed by atoms with Crippen LogP contribution in [0.5, 0.6) is 0 Å². The summed E-state index contributed by atoms with van der Waals surface area (Å²) in [6.07, 6.45) is 0.510. The molecule has 2 rings (SSSR count). The van der Waals surface area contributed by atoms with Gasteiger partial charge in [-0.2, -0.15) is 0 Å². The predicted octanol–water partition coefficient (Wildman–Crippen LogP) is 3.13. The summed E-state index contributed by atoms with van der Waals surface area (Å²) in [5.41, 5.74) is 2.51. The van der Waals surface area contributed by atoms with Gasteiger partial charge in [0.1, 0.15) is 0 Å². The van der Waals surface area contributed by atoms with Crippen molar-refractivity contribution in [2.45, 2.75) is 27.2 Å². The third-order valence-corrected chi connectivity index (χ3v) is 3.15. The molecule has 0 aliphatic heterocycles. The Hall–Kier alpha value is -1.77. The highest BCUT2D eigenvalue weighted by Gasteiger charge is 2.28. The minimum atomic E-state index is -0.770. The number of aliphatic carboxylic acids is 1. The lowest BCUT2D eigenvalue weighted by Crippen LogP contribution is -2.26. The van der Waals surface area contributed by atoms with Crippen LogP contribution in [-0.2, 0) is 11.2 Å². The molecule has 1 heterocycles. The van der Waals surface area contributed by atoms with E-state index >= 15 is 0 Å². The van der Waals surface area contributed by atoms with Crippen LogP contribution in [0, 0.1) is 12.3 Å². The molecular weight excluding hydrogens is 214 g/mol. The Morgan fingerprint density at radius 1 is 1.41 bits per heavy atom. The fourth-order valence-electron chi connectivity index (χ4n) is 2.01. The Morgan fingerprint density at radius 3 is 2.71 bits per heavy atom. The molecule has 0 aliphatic rings. The number of H-pyrrole nitrogens is 1. The summed E-state index contributed by atoms with van der Waals surface area (Å²) in [6, 6.07) is 8.12. The summed E-state index contributed by atoms with van der Waals surface area (Å²) < 4.78 is 0. The molecule has 0 atom stereocenters. The standard InChI is InChI=1S/C14H17NO2/c1-9-5-4-6-12-11(9)7-10(15-12)8-14(2,3)13(16)17/h4-7,15H,8H2,1-3H3,(H,16,17). The van der Waals surface area contributed by atoms with Gasteiger partial charge in [-0.1, -0.05) is 12.1 Å². The molecule has 1 aromatic carbocycles. The van der Waals surface area contributed by atoms with Crippen molar-refractivity contribution in [1.29, 1.82) is 0 Å². The molecule has 3 heteroatoms. The first kappa shape index (κ1) is 11.7. The second-order valence-corrected chi connectivity index (χ2v) is 5.20. The number of carbonyl (C=O) groups is 1. The molecule has 17 heavy (non-hydrogen) atoms. The van der Waals surface area contributed by atoms with Crippen molar-refractivity contribution in [1.82, 2.24) is 4.98 Å². The average molecular weight is 231 g/mol. The highest BCUT2D eigenvalue weighted by atomic mass is 16.4. The van der Waals surface area contributed by atoms with E-state index in [1.165, 1.54) is 10.9 Å². The lowest BCUT2D eigenvalue weighted by Gasteiger charge is -2.17. The molecule has 0 amide bonds. The summed E-state index contributed by atoms with van der Waals surface area (Å²) in [6.45, 7) is 5.55. The fourth-order valence-corrected chi connectivity index (χ4v) is 2.01. The molecule has 0 saturated carbocycles. The zero-order valence-electron chi connectivity index (χ0n) is 10.4. The van der Waals surface area contributed by atoms with Gasteiger partial charge in [0.2, 0.25) is 0 Å². The Kier molecular flexibility index (Phi) is 2.69. The minimum absolute atomic E-state index is 0.510. The van der Waals surface area contributed by atoms with Gasteiger partial charge < -0.3 is 10.1 Å². The van der Waals surface area contributed by atoms with Gasteiger partial charge in [0.25, 0.3) is 0 Å². The molecular formula is C14H17NO2. The summed E-state index contributed by atoms with van der Waals surface area (Å²) in [5, 5.41) is 10.3. The fraction of sp³-hybridized carbons (Fsp3) is 0.357. The van der Waals surface area contributed by atoms with Crippen LogP contribution in [0.2, 0.25) is 0 Å². The molecule has 0 saturated heterocycles. The zero-order chi connectivity index (χ0) is 12.6. The highest BCUT2D eigenvalue weighted by molar-refractivity contribution is 5.84. The summed E-state index contributed by atoms with van der Waals surface area (Å²) in [7, 11) is 0. The molecule has 2 aromatic rings. The molecule has 0 spiro atoms. The Bertz CT molecular complexity index is 567. The van der Waals surface area contributed by atoms with Crippen LogP contribution >= 0.6 is 0 Å². The summed E-state index contributed by atoms with van der Waals surface area (Å²) >= 11 is 0. The van der Waals surface area contributed by atoms with E-state index in [9.17, 15) is 4.79 Å². The molecule has 0 radical (unpaired) electrons. The van der Waals surface area contributed by atoms with Gasteiger partial charge in [-0.3, -0.25) is 4.79 Å². The number of rotatable bonds is 3. The van der Waals surface area contributed by atoms with Crippen molar-refractivity contribution in [2.24, 2.45) is 5.41 Å². The number of carboxylic acids is 1. The van der Waals surface area contributed by atoms with Crippen LogP contribution in [0.25, 0.3) is 10.9 Å². The number of aromatic nitrogens is 1. The van der Waals surface area contributed by atoms with Crippen molar-refractivity contribution in [3.05, 3.63) is 35.5 Å². The normalized spacial score (nSPS) is 11.9. The average Bonchev–Trinajstić information content (AvgIpc) is 2.60. The van der Waals surface area contributed by atoms with Gasteiger partial charge in [-0.25, -0.2) is 0 Å². The predicted molar refractivity (Wildman–Crippen MR) is 68.2 cm³/mol. The first-order chi connectivity index (χ1) is 7.90. The van der Waals surface area contributed by atoms with Crippen LogP contribution in [0.15, 0.2) is 24.3 Å². The van der Waals surface area contributed by atoms with Gasteiger partial charge >= 0.3 is 5.97 Å². The highest BCUT2D eigenvalue weighted by Crippen LogP contribution is 2.25. The lowest BCUT2D eigenvalue weighted by molar-refractivity contribution is -0.146. The van der Waals surface area contributed by atoms with Gasteiger partial charge in [0.05, 0.1) is 5.41 Å². The van der Waals surface area contributed by atoms with Crippen molar-refractivity contribution in [3.63, 3.8) is 0 Å². The number of carboxylic acid groups (broad SMARTS) is 1. The second kappa shape index (κ2) is 3.91. The number of nitrogens with one attached hydrogen (secondary N) is 1. The van der Waals surface area contributed by atoms with Gasteiger partial charge in [0, 0.05) is 23.0 Å². The van der Waals surface area contributed by atoms with Crippen molar-refractivity contribution in [2.75, 3.05) is 0 Å². The van der Waals surface area contributed by atoms with E-state index < -0.39 is 11.4 Å². The molecule has 0 fully saturated rings. The first-order valence-electron chi connectivity index (χ1n) is 5.71. The van der Waals surface area contributed by atoms with E-state index in [0.717, 1.165) is 11.2 Å². The molecule has 0 bridgehead atoms. The molecule has 3 nitrogen and oxygen atoms in total. The van der Waals surface area contributed by atoms with Crippen LogP contribution < -0.4 is 0 Å². The smallest absolute Gasteiger partial charge is 0.309 e. The number of benzene rings is 1. The number of fused-ring (bicyclic) bond motifs is 1. The minimum Gasteiger partial charge on any atom is -0.481 e. The maximum Gasteiger partial charge on any atom is 0.309 e. The molecule has 0 aliphatic carbocycles. The Morgan fingerprint density at radius 2 is 2.12 bits per heavy atom. The summed E-state index contributed by atoms with van der Waals surface area (Å²) in [5.74, 6) is -0.770. The number of hydrogen-bond acceptors (Lipinski definition) is 1. The van der Waals surface area contributed by atoms with E-state index in [2.05, 4.69) is 24.0 Å². The van der Waals surface area contributed by atoms with E-state index in [0.29, 0.717) is 6.42 Å². The SMILES string of the molecule is Cc1cccc2[nH]c(CC(C)(C)C(=O)O)cc12. The molecule has 0 unspecified atom stereocenters. The monoisotopic (exact) mass is 231 g/mol. The third-order valence-electron chi connectivity index (χ3n) is 3.15. The van der Waals surface area contributed by atoms with E-state index in [1.807, 2.05) is 12.1 Å². The van der Waals surface area contributed by atoms with Gasteiger partial charge in [-0.15, -0.1) is 0 Å². The molecule has 1 aromatic heterocycles. The number of hydrogen-bond donors (Lipinski definition) is 2. The van der Waals surface area contributed by atoms with Crippen LogP contribution in [-0.4, -0.2) is 16.1 Å². The van der Waals surface area contributed by atoms with Crippen molar-refractivity contribution in [3.8, 4) is 0 Å². The van der Waals surface area contributed by atoms with E-state index in [1.54, 1.807) is 13.8 Å². The van der Waals surface area contributed by atoms with Crippen LogP contribution in [0.4, 0.5) is 0 Å². The lowest BCUT2D eigenvalue weighted by atomic mass is 9.88. The van der Waals surface area contributed by atoms with Crippen molar-refractivity contribution < 1.29 is 9.90 Å². The maximum atomic E-state index is 11.1. The van der Waals surface area contributed by atoms with Crippen molar-refractivity contribution >= 4 is 16.9 Å². The molecule has 2 N–H and O–H groups in total. The van der Waals surface area contributed by atoms with Gasteiger partial charge in [-0.05, 0) is 38.5 Å². The second-order valence-electron chi connectivity index (χ2n) is 5.20. The number of aryl methyl sites for hydroxylation is 1. The van der Waals surface area contributed by atoms with E-state index in [-0.39, 0.29) is 0 Å². The van der Waals surface area contributed by atoms with E-state index in [4.69, 9.17) is 5.11 Å². The van der Waals surface area contributed by atoms with Gasteiger partial charge in [0.15, 0.2) is 0 Å². The largest absolute Gasteiger partial charge is 0.481 e. The number of aromatic amines is 1. The Labute approximate surface area is 100 Å². The third kappa shape index (κ3) is 2.18. The first-order valence-corrected chi connectivity index (χ1v) is 5.71. The topological polar surface area (TPSA) is 53.1 Å². The summed E-state index contributed by atoms with van der Waals surface area (Å²) in [4.78, 5) is 14.4. The maximum absolute atomic E-state index is 11.1. The zero-order valence-corrected chi connectivity index (χ0v) is 10.4.